The zero-order valence-electron chi connectivity index (χ0n) is 9.14. The van der Waals surface area contributed by atoms with Crippen molar-refractivity contribution in [3.8, 4) is 5.75 Å². The SMILES string of the molecule is CC1Oc2cc(C(N)C(=O)O)ccc2NC1=O. The first-order valence-corrected chi connectivity index (χ1v) is 5.09. The summed E-state index contributed by atoms with van der Waals surface area (Å²) < 4.78 is 5.35. The molecule has 6 nitrogen and oxygen atoms in total. The number of rotatable bonds is 2. The quantitative estimate of drug-likeness (QED) is 0.693. The van der Waals surface area contributed by atoms with Gasteiger partial charge in [-0.3, -0.25) is 9.59 Å². The van der Waals surface area contributed by atoms with E-state index in [0.29, 0.717) is 17.0 Å². The Balaban J connectivity index is 2.35. The van der Waals surface area contributed by atoms with E-state index in [9.17, 15) is 9.59 Å². The zero-order chi connectivity index (χ0) is 12.6. The average molecular weight is 236 g/mol. The Labute approximate surface area is 97.4 Å². The summed E-state index contributed by atoms with van der Waals surface area (Å²) in [6.45, 7) is 1.61. The summed E-state index contributed by atoms with van der Waals surface area (Å²) in [5.41, 5.74) is 6.44. The number of benzene rings is 1. The van der Waals surface area contributed by atoms with Gasteiger partial charge >= 0.3 is 5.97 Å². The highest BCUT2D eigenvalue weighted by Crippen LogP contribution is 2.31. The van der Waals surface area contributed by atoms with Gasteiger partial charge in [0.25, 0.3) is 5.91 Å². The minimum absolute atomic E-state index is 0.229. The van der Waals surface area contributed by atoms with Crippen LogP contribution < -0.4 is 15.8 Å². The summed E-state index contributed by atoms with van der Waals surface area (Å²) in [6, 6.07) is 3.57. The number of carboxylic acid groups (broad SMARTS) is 1. The number of hydrogen-bond donors (Lipinski definition) is 3. The molecule has 0 bridgehead atoms. The van der Waals surface area contributed by atoms with Gasteiger partial charge in [-0.15, -0.1) is 0 Å². The molecule has 0 fully saturated rings. The third kappa shape index (κ3) is 2.07. The number of carboxylic acids is 1. The number of ether oxygens (including phenoxy) is 1. The number of hydrogen-bond acceptors (Lipinski definition) is 4. The second-order valence-electron chi connectivity index (χ2n) is 3.82. The highest BCUT2D eigenvalue weighted by molar-refractivity contribution is 5.97. The Kier molecular flexibility index (Phi) is 2.72. The van der Waals surface area contributed by atoms with E-state index in [0.717, 1.165) is 0 Å². The van der Waals surface area contributed by atoms with Crippen molar-refractivity contribution in [2.75, 3.05) is 5.32 Å². The highest BCUT2D eigenvalue weighted by atomic mass is 16.5. The molecular formula is C11H12N2O4. The summed E-state index contributed by atoms with van der Waals surface area (Å²) in [7, 11) is 0. The maximum Gasteiger partial charge on any atom is 0.325 e. The number of carbonyl (C=O) groups is 2. The van der Waals surface area contributed by atoms with Crippen LogP contribution in [0.1, 0.15) is 18.5 Å². The molecular weight excluding hydrogens is 224 g/mol. The molecule has 0 aromatic heterocycles. The number of amides is 1. The van der Waals surface area contributed by atoms with Gasteiger partial charge in [-0.05, 0) is 24.6 Å². The first kappa shape index (κ1) is 11.4. The molecule has 1 aromatic rings. The highest BCUT2D eigenvalue weighted by Gasteiger charge is 2.25. The van der Waals surface area contributed by atoms with Crippen LogP contribution in [0.3, 0.4) is 0 Å². The molecule has 2 atom stereocenters. The molecule has 4 N–H and O–H groups in total. The van der Waals surface area contributed by atoms with E-state index in [2.05, 4.69) is 5.32 Å². The largest absolute Gasteiger partial charge is 0.480 e. The summed E-state index contributed by atoms with van der Waals surface area (Å²) in [5.74, 6) is -0.906. The summed E-state index contributed by atoms with van der Waals surface area (Å²) >= 11 is 0. The normalized spacial score (nSPS) is 19.9. The van der Waals surface area contributed by atoms with Gasteiger partial charge in [0.05, 0.1) is 5.69 Å². The third-order valence-corrected chi connectivity index (χ3v) is 2.56. The fourth-order valence-electron chi connectivity index (χ4n) is 1.55. The van der Waals surface area contributed by atoms with Gasteiger partial charge in [0.15, 0.2) is 6.10 Å². The van der Waals surface area contributed by atoms with Crippen LogP contribution >= 0.6 is 0 Å². The minimum atomic E-state index is -1.11. The van der Waals surface area contributed by atoms with Crippen molar-refractivity contribution in [3.05, 3.63) is 23.8 Å². The van der Waals surface area contributed by atoms with Gasteiger partial charge in [-0.25, -0.2) is 0 Å². The molecule has 1 amide bonds. The maximum absolute atomic E-state index is 11.3. The standard InChI is InChI=1S/C11H12N2O4/c1-5-10(14)13-7-3-2-6(4-8(7)17-5)9(12)11(15)16/h2-5,9H,12H2,1H3,(H,13,14)(H,15,16). The summed E-state index contributed by atoms with van der Waals surface area (Å²) in [5, 5.41) is 11.5. The van der Waals surface area contributed by atoms with Crippen molar-refractivity contribution in [1.29, 1.82) is 0 Å². The molecule has 2 rings (SSSR count). The van der Waals surface area contributed by atoms with E-state index in [4.69, 9.17) is 15.6 Å². The van der Waals surface area contributed by atoms with Crippen LogP contribution in [0, 0.1) is 0 Å². The van der Waals surface area contributed by atoms with Crippen LogP contribution in [0.2, 0.25) is 0 Å². The molecule has 0 saturated carbocycles. The predicted molar refractivity (Wildman–Crippen MR) is 59.7 cm³/mol. The molecule has 1 aliphatic heterocycles. The van der Waals surface area contributed by atoms with E-state index in [1.807, 2.05) is 0 Å². The van der Waals surface area contributed by atoms with Gasteiger partial charge in [-0.2, -0.15) is 0 Å². The summed E-state index contributed by atoms with van der Waals surface area (Å²) in [4.78, 5) is 22.1. The van der Waals surface area contributed by atoms with Gasteiger partial charge < -0.3 is 20.9 Å². The fraction of sp³-hybridized carbons (Fsp3) is 0.273. The molecule has 1 heterocycles. The second-order valence-corrected chi connectivity index (χ2v) is 3.82. The van der Waals surface area contributed by atoms with Crippen molar-refractivity contribution < 1.29 is 19.4 Å². The summed E-state index contributed by atoms with van der Waals surface area (Å²) in [6.07, 6.45) is -0.598. The molecule has 1 aromatic carbocycles. The van der Waals surface area contributed by atoms with Gasteiger partial charge in [0.1, 0.15) is 11.8 Å². The lowest BCUT2D eigenvalue weighted by Crippen LogP contribution is -2.34. The van der Waals surface area contributed by atoms with Crippen molar-refractivity contribution in [2.24, 2.45) is 5.73 Å². The molecule has 0 spiro atoms. The Hall–Kier alpha value is -2.08. The van der Waals surface area contributed by atoms with Gasteiger partial charge in [0.2, 0.25) is 0 Å². The number of aliphatic carboxylic acids is 1. The van der Waals surface area contributed by atoms with Crippen LogP contribution in [0.25, 0.3) is 0 Å². The zero-order valence-corrected chi connectivity index (χ0v) is 9.14. The van der Waals surface area contributed by atoms with Crippen molar-refractivity contribution in [2.45, 2.75) is 19.1 Å². The van der Waals surface area contributed by atoms with Crippen LogP contribution in [0.15, 0.2) is 18.2 Å². The van der Waals surface area contributed by atoms with E-state index in [-0.39, 0.29) is 5.91 Å². The predicted octanol–water partition coefficient (Wildman–Crippen LogP) is 0.490. The molecule has 0 radical (unpaired) electrons. The molecule has 1 aliphatic rings. The molecule has 2 unspecified atom stereocenters. The molecule has 17 heavy (non-hydrogen) atoms. The third-order valence-electron chi connectivity index (χ3n) is 2.56. The Bertz CT molecular complexity index is 486. The second kappa shape index (κ2) is 4.06. The Morgan fingerprint density at radius 3 is 2.94 bits per heavy atom. The van der Waals surface area contributed by atoms with Crippen LogP contribution in [0.4, 0.5) is 5.69 Å². The monoisotopic (exact) mass is 236 g/mol. The van der Waals surface area contributed by atoms with Crippen LogP contribution in [0.5, 0.6) is 5.75 Å². The fourth-order valence-corrected chi connectivity index (χ4v) is 1.55. The lowest BCUT2D eigenvalue weighted by molar-refractivity contribution is -0.138. The van der Waals surface area contributed by atoms with E-state index in [1.165, 1.54) is 6.07 Å². The van der Waals surface area contributed by atoms with Crippen molar-refractivity contribution in [1.82, 2.24) is 0 Å². The maximum atomic E-state index is 11.3. The first-order valence-electron chi connectivity index (χ1n) is 5.09. The van der Waals surface area contributed by atoms with Crippen molar-refractivity contribution in [3.63, 3.8) is 0 Å². The molecule has 6 heteroatoms. The number of carbonyl (C=O) groups excluding carboxylic acids is 1. The van der Waals surface area contributed by atoms with Gasteiger partial charge in [-0.1, -0.05) is 6.07 Å². The number of nitrogens with one attached hydrogen (secondary N) is 1. The number of fused-ring (bicyclic) bond motifs is 1. The van der Waals surface area contributed by atoms with E-state index < -0.39 is 18.1 Å². The van der Waals surface area contributed by atoms with Crippen LogP contribution in [-0.2, 0) is 9.59 Å². The Morgan fingerprint density at radius 1 is 1.59 bits per heavy atom. The van der Waals surface area contributed by atoms with Crippen molar-refractivity contribution >= 4 is 17.6 Å². The number of anilines is 1. The lowest BCUT2D eigenvalue weighted by atomic mass is 10.1. The Morgan fingerprint density at radius 2 is 2.29 bits per heavy atom. The molecule has 0 aliphatic carbocycles. The number of nitrogens with two attached hydrogens (primary N) is 1. The first-order chi connectivity index (χ1) is 7.99. The van der Waals surface area contributed by atoms with Crippen LogP contribution in [-0.4, -0.2) is 23.1 Å². The average Bonchev–Trinajstić information content (AvgIpc) is 2.29. The van der Waals surface area contributed by atoms with E-state index in [1.54, 1.807) is 19.1 Å². The lowest BCUT2D eigenvalue weighted by Gasteiger charge is -2.24. The van der Waals surface area contributed by atoms with E-state index >= 15 is 0 Å². The van der Waals surface area contributed by atoms with Gasteiger partial charge in [0, 0.05) is 0 Å². The smallest absolute Gasteiger partial charge is 0.325 e. The molecule has 0 saturated heterocycles. The molecule has 90 valence electrons. The topological polar surface area (TPSA) is 102 Å². The minimum Gasteiger partial charge on any atom is -0.480 e.